The summed E-state index contributed by atoms with van der Waals surface area (Å²) in [5.74, 6) is 0. The standard InChI is InChI=1S/C17H19N3O2S2/c1-13-10-17(14(2)23-13)24(21,22)19-9-8-15-11-18-20(12-15)16-6-4-3-5-7-16/h3-7,10-12,19H,8-9H2,1-2H3. The number of nitrogens with zero attached hydrogens (tertiary/aromatic N) is 2. The number of aryl methyl sites for hydroxylation is 2. The van der Waals surface area contributed by atoms with Crippen molar-refractivity contribution in [2.45, 2.75) is 25.2 Å². The number of hydrogen-bond acceptors (Lipinski definition) is 4. The Balaban J connectivity index is 1.63. The molecular formula is C17H19N3O2S2. The molecule has 1 aromatic carbocycles. The Labute approximate surface area is 146 Å². The first-order valence-electron chi connectivity index (χ1n) is 7.61. The third-order valence-electron chi connectivity index (χ3n) is 3.65. The molecule has 0 saturated heterocycles. The van der Waals surface area contributed by atoms with Crippen LogP contribution in [0.25, 0.3) is 5.69 Å². The van der Waals surface area contributed by atoms with Crippen LogP contribution in [-0.4, -0.2) is 24.7 Å². The molecule has 2 heterocycles. The van der Waals surface area contributed by atoms with Gasteiger partial charge in [-0.2, -0.15) is 5.10 Å². The van der Waals surface area contributed by atoms with Gasteiger partial charge in [-0.1, -0.05) is 18.2 Å². The SMILES string of the molecule is Cc1cc(S(=O)(=O)NCCc2cnn(-c3ccccc3)c2)c(C)s1. The minimum absolute atomic E-state index is 0.344. The molecule has 3 rings (SSSR count). The second kappa shape index (κ2) is 6.88. The lowest BCUT2D eigenvalue weighted by Gasteiger charge is -2.05. The second-order valence-electron chi connectivity index (χ2n) is 5.55. The van der Waals surface area contributed by atoms with E-state index < -0.39 is 10.0 Å². The molecule has 0 radical (unpaired) electrons. The molecule has 0 spiro atoms. The van der Waals surface area contributed by atoms with Crippen molar-refractivity contribution in [1.82, 2.24) is 14.5 Å². The summed E-state index contributed by atoms with van der Waals surface area (Å²) in [4.78, 5) is 2.19. The summed E-state index contributed by atoms with van der Waals surface area (Å²) in [6.07, 6.45) is 4.28. The van der Waals surface area contributed by atoms with Gasteiger partial charge in [0.2, 0.25) is 10.0 Å². The molecule has 0 saturated carbocycles. The summed E-state index contributed by atoms with van der Waals surface area (Å²) in [5.41, 5.74) is 1.97. The molecule has 0 aliphatic rings. The van der Waals surface area contributed by atoms with Gasteiger partial charge in [-0.15, -0.1) is 11.3 Å². The van der Waals surface area contributed by atoms with Gasteiger partial charge in [-0.25, -0.2) is 17.8 Å². The average Bonchev–Trinajstić information content (AvgIpc) is 3.15. The third-order valence-corrected chi connectivity index (χ3v) is 6.33. The normalized spacial score (nSPS) is 11.8. The van der Waals surface area contributed by atoms with E-state index in [1.807, 2.05) is 50.4 Å². The Kier molecular flexibility index (Phi) is 4.84. The number of sulfonamides is 1. The Morgan fingerprint density at radius 3 is 2.62 bits per heavy atom. The maximum Gasteiger partial charge on any atom is 0.241 e. The minimum Gasteiger partial charge on any atom is -0.241 e. The molecule has 0 amide bonds. The fourth-order valence-corrected chi connectivity index (χ4v) is 5.08. The van der Waals surface area contributed by atoms with Gasteiger partial charge in [-0.05, 0) is 44.0 Å². The van der Waals surface area contributed by atoms with Gasteiger partial charge in [0.25, 0.3) is 0 Å². The molecule has 126 valence electrons. The van der Waals surface area contributed by atoms with Gasteiger partial charge in [0.05, 0.1) is 16.8 Å². The molecule has 3 aromatic rings. The number of benzene rings is 1. The van der Waals surface area contributed by atoms with Crippen molar-refractivity contribution in [3.05, 3.63) is 64.1 Å². The van der Waals surface area contributed by atoms with Gasteiger partial charge in [0.1, 0.15) is 0 Å². The van der Waals surface area contributed by atoms with Crippen LogP contribution in [0.5, 0.6) is 0 Å². The lowest BCUT2D eigenvalue weighted by molar-refractivity contribution is 0.581. The Morgan fingerprint density at radius 1 is 1.21 bits per heavy atom. The van der Waals surface area contributed by atoms with Crippen LogP contribution in [-0.2, 0) is 16.4 Å². The van der Waals surface area contributed by atoms with E-state index in [1.165, 1.54) is 11.3 Å². The largest absolute Gasteiger partial charge is 0.241 e. The number of aromatic nitrogens is 2. The van der Waals surface area contributed by atoms with E-state index in [9.17, 15) is 8.42 Å². The molecule has 5 nitrogen and oxygen atoms in total. The van der Waals surface area contributed by atoms with Crippen LogP contribution in [0.3, 0.4) is 0 Å². The van der Waals surface area contributed by atoms with Crippen molar-refractivity contribution in [3.63, 3.8) is 0 Å². The fourth-order valence-electron chi connectivity index (χ4n) is 2.49. The number of hydrogen-bond donors (Lipinski definition) is 1. The van der Waals surface area contributed by atoms with Crippen molar-refractivity contribution in [2.75, 3.05) is 6.54 Å². The smallest absolute Gasteiger partial charge is 0.241 e. The zero-order valence-corrected chi connectivity index (χ0v) is 15.2. The topological polar surface area (TPSA) is 64.0 Å². The van der Waals surface area contributed by atoms with Crippen molar-refractivity contribution >= 4 is 21.4 Å². The fraction of sp³-hybridized carbons (Fsp3) is 0.235. The van der Waals surface area contributed by atoms with E-state index in [0.717, 1.165) is 21.0 Å². The van der Waals surface area contributed by atoms with Crippen molar-refractivity contribution < 1.29 is 8.42 Å². The molecule has 1 N–H and O–H groups in total. The van der Waals surface area contributed by atoms with E-state index in [2.05, 4.69) is 9.82 Å². The van der Waals surface area contributed by atoms with Crippen LogP contribution < -0.4 is 4.72 Å². The first-order chi connectivity index (χ1) is 11.5. The zero-order chi connectivity index (χ0) is 17.2. The highest BCUT2D eigenvalue weighted by molar-refractivity contribution is 7.89. The predicted octanol–water partition coefficient (Wildman–Crippen LogP) is 3.07. The van der Waals surface area contributed by atoms with E-state index in [-0.39, 0.29) is 0 Å². The van der Waals surface area contributed by atoms with Crippen LogP contribution >= 0.6 is 11.3 Å². The molecule has 0 aliphatic carbocycles. The number of rotatable bonds is 6. The molecular weight excluding hydrogens is 342 g/mol. The van der Waals surface area contributed by atoms with Gasteiger partial charge in [0, 0.05) is 22.5 Å². The molecule has 7 heteroatoms. The summed E-state index contributed by atoms with van der Waals surface area (Å²) < 4.78 is 29.2. The molecule has 0 aliphatic heterocycles. The number of thiophene rings is 1. The maximum atomic E-state index is 12.4. The van der Waals surface area contributed by atoms with Crippen LogP contribution in [0, 0.1) is 13.8 Å². The molecule has 24 heavy (non-hydrogen) atoms. The molecule has 0 unspecified atom stereocenters. The summed E-state index contributed by atoms with van der Waals surface area (Å²) in [7, 11) is -3.45. The summed E-state index contributed by atoms with van der Waals surface area (Å²) >= 11 is 1.49. The average molecular weight is 361 g/mol. The summed E-state index contributed by atoms with van der Waals surface area (Å²) in [6.45, 7) is 4.09. The quantitative estimate of drug-likeness (QED) is 0.734. The lowest BCUT2D eigenvalue weighted by Crippen LogP contribution is -2.26. The number of nitrogens with one attached hydrogen (secondary N) is 1. The molecule has 0 atom stereocenters. The highest BCUT2D eigenvalue weighted by atomic mass is 32.2. The van der Waals surface area contributed by atoms with Crippen molar-refractivity contribution in [2.24, 2.45) is 0 Å². The van der Waals surface area contributed by atoms with Crippen LogP contribution in [0.1, 0.15) is 15.3 Å². The Bertz CT molecular complexity index is 928. The van der Waals surface area contributed by atoms with E-state index in [1.54, 1.807) is 16.9 Å². The lowest BCUT2D eigenvalue weighted by atomic mass is 10.2. The molecule has 0 fully saturated rings. The third kappa shape index (κ3) is 3.75. The zero-order valence-electron chi connectivity index (χ0n) is 13.6. The van der Waals surface area contributed by atoms with Gasteiger partial charge in [-0.3, -0.25) is 0 Å². The maximum absolute atomic E-state index is 12.4. The van der Waals surface area contributed by atoms with E-state index in [4.69, 9.17) is 0 Å². The Morgan fingerprint density at radius 2 is 1.96 bits per heavy atom. The van der Waals surface area contributed by atoms with Gasteiger partial charge < -0.3 is 0 Å². The molecule has 2 aromatic heterocycles. The van der Waals surface area contributed by atoms with Crippen LogP contribution in [0.4, 0.5) is 0 Å². The molecule has 0 bridgehead atoms. The van der Waals surface area contributed by atoms with E-state index in [0.29, 0.717) is 17.9 Å². The van der Waals surface area contributed by atoms with Crippen molar-refractivity contribution in [1.29, 1.82) is 0 Å². The van der Waals surface area contributed by atoms with Crippen LogP contribution in [0.15, 0.2) is 53.7 Å². The summed E-state index contributed by atoms with van der Waals surface area (Å²) in [6, 6.07) is 11.5. The summed E-state index contributed by atoms with van der Waals surface area (Å²) in [5, 5.41) is 4.32. The van der Waals surface area contributed by atoms with Crippen molar-refractivity contribution in [3.8, 4) is 5.69 Å². The second-order valence-corrected chi connectivity index (χ2v) is 8.75. The first-order valence-corrected chi connectivity index (χ1v) is 9.91. The van der Waals surface area contributed by atoms with E-state index >= 15 is 0 Å². The van der Waals surface area contributed by atoms with Gasteiger partial charge >= 0.3 is 0 Å². The highest BCUT2D eigenvalue weighted by Gasteiger charge is 2.18. The van der Waals surface area contributed by atoms with Gasteiger partial charge in [0.15, 0.2) is 0 Å². The Hall–Kier alpha value is -1.96. The van der Waals surface area contributed by atoms with Crippen LogP contribution in [0.2, 0.25) is 0 Å². The monoisotopic (exact) mass is 361 g/mol. The first kappa shape index (κ1) is 16.9. The number of para-hydroxylation sites is 1. The highest BCUT2D eigenvalue weighted by Crippen LogP contribution is 2.24. The predicted molar refractivity (Wildman–Crippen MR) is 96.2 cm³/mol. The minimum atomic E-state index is -3.45.